The van der Waals surface area contributed by atoms with E-state index in [4.69, 9.17) is 9.84 Å². The molecule has 40 heavy (non-hydrogen) atoms. The maximum Gasteiger partial charge on any atom is 0.229 e. The fraction of sp³-hybridized carbons (Fsp3) is 0.457. The van der Waals surface area contributed by atoms with Crippen LogP contribution in [0.4, 0.5) is 10.1 Å². The number of aromatic hydroxyl groups is 1. The molecule has 0 aliphatic carbocycles. The van der Waals surface area contributed by atoms with Gasteiger partial charge < -0.3 is 14.7 Å². The van der Waals surface area contributed by atoms with Gasteiger partial charge in [0.1, 0.15) is 18.2 Å². The second kappa shape index (κ2) is 33.7. The molecule has 228 valence electrons. The summed E-state index contributed by atoms with van der Waals surface area (Å²) in [7, 11) is 1.57. The van der Waals surface area contributed by atoms with E-state index in [-0.39, 0.29) is 17.6 Å². The molecule has 2 rings (SSSR count). The number of hydrogen-bond donors (Lipinski definition) is 1. The summed E-state index contributed by atoms with van der Waals surface area (Å²) in [5.41, 5.74) is 1.85. The number of phenols is 1. The van der Waals surface area contributed by atoms with E-state index in [1.165, 1.54) is 6.08 Å². The minimum Gasteiger partial charge on any atom is -0.508 e. The van der Waals surface area contributed by atoms with Gasteiger partial charge in [0, 0.05) is 24.2 Å². The minimum absolute atomic E-state index is 0.0684. The van der Waals surface area contributed by atoms with Crippen LogP contribution >= 0.6 is 0 Å². The smallest absolute Gasteiger partial charge is 0.229 e. The lowest BCUT2D eigenvalue weighted by Gasteiger charge is -2.25. The molecule has 4 nitrogen and oxygen atoms in total. The first-order valence-electron chi connectivity index (χ1n) is 14.5. The summed E-state index contributed by atoms with van der Waals surface area (Å²) >= 11 is 0. The number of anilines is 1. The number of halogens is 1. The van der Waals surface area contributed by atoms with Crippen LogP contribution in [-0.2, 0) is 4.79 Å². The van der Waals surface area contributed by atoms with Crippen molar-refractivity contribution in [3.63, 3.8) is 0 Å². The Morgan fingerprint density at radius 3 is 2.02 bits per heavy atom. The number of aryl methyl sites for hydroxylation is 1. The third-order valence-electron chi connectivity index (χ3n) is 4.92. The molecule has 1 atom stereocenters. The van der Waals surface area contributed by atoms with Gasteiger partial charge in [0.15, 0.2) is 0 Å². The number of alkyl halides is 1. The van der Waals surface area contributed by atoms with Gasteiger partial charge in [0.05, 0.1) is 7.11 Å². The first-order chi connectivity index (χ1) is 19.4. The molecule has 1 amide bonds. The number of para-hydroxylation sites is 1. The highest BCUT2D eigenvalue weighted by Crippen LogP contribution is 2.22. The van der Waals surface area contributed by atoms with Crippen LogP contribution in [0.2, 0.25) is 0 Å². The van der Waals surface area contributed by atoms with E-state index in [1.807, 2.05) is 109 Å². The summed E-state index contributed by atoms with van der Waals surface area (Å²) in [6.45, 7) is 25.0. The highest BCUT2D eigenvalue weighted by molar-refractivity contribution is 5.94. The molecular weight excluding hydrogens is 501 g/mol. The SMILES string of the molecule is C=C/C=C/CCCN(C(=O)C(C)CC)c1ccccc1.C=CCF.CC.CC.CC.COc1ccc(C)c(O)c1. The van der Waals surface area contributed by atoms with E-state index >= 15 is 0 Å². The number of benzene rings is 2. The Morgan fingerprint density at radius 2 is 1.60 bits per heavy atom. The van der Waals surface area contributed by atoms with Crippen LogP contribution in [0.15, 0.2) is 86.0 Å². The predicted molar refractivity (Wildman–Crippen MR) is 176 cm³/mol. The van der Waals surface area contributed by atoms with Crippen LogP contribution in [0.25, 0.3) is 0 Å². The van der Waals surface area contributed by atoms with Crippen molar-refractivity contribution in [1.29, 1.82) is 0 Å². The Balaban J connectivity index is -0.000000269. The number of nitrogens with zero attached hydrogens (tertiary/aromatic N) is 1. The van der Waals surface area contributed by atoms with E-state index < -0.39 is 6.67 Å². The first-order valence-corrected chi connectivity index (χ1v) is 14.5. The van der Waals surface area contributed by atoms with E-state index in [0.29, 0.717) is 5.75 Å². The fourth-order valence-electron chi connectivity index (χ4n) is 2.69. The van der Waals surface area contributed by atoms with Gasteiger partial charge >= 0.3 is 0 Å². The number of hydrogen-bond acceptors (Lipinski definition) is 3. The minimum atomic E-state index is -0.417. The lowest BCUT2D eigenvalue weighted by Crippen LogP contribution is -2.35. The zero-order chi connectivity index (χ0) is 31.8. The normalized spacial score (nSPS) is 9.57. The van der Waals surface area contributed by atoms with E-state index in [1.54, 1.807) is 19.3 Å². The summed E-state index contributed by atoms with van der Waals surface area (Å²) in [5.74, 6) is 1.24. The Bertz CT molecular complexity index is 866. The maximum absolute atomic E-state index is 12.5. The third kappa shape index (κ3) is 22.6. The summed E-state index contributed by atoms with van der Waals surface area (Å²) in [6, 6.07) is 15.1. The third-order valence-corrected chi connectivity index (χ3v) is 4.92. The van der Waals surface area contributed by atoms with Gasteiger partial charge in [0.25, 0.3) is 0 Å². The molecule has 0 saturated carbocycles. The van der Waals surface area contributed by atoms with Crippen LogP contribution in [0.5, 0.6) is 11.5 Å². The van der Waals surface area contributed by atoms with Gasteiger partial charge in [-0.1, -0.05) is 111 Å². The number of rotatable bonds is 10. The summed E-state index contributed by atoms with van der Waals surface area (Å²) in [4.78, 5) is 14.4. The number of carbonyl (C=O) groups excluding carboxylic acids is 1. The molecule has 0 bridgehead atoms. The largest absolute Gasteiger partial charge is 0.508 e. The zero-order valence-electron chi connectivity index (χ0n) is 27.0. The van der Waals surface area contributed by atoms with E-state index in [9.17, 15) is 9.18 Å². The van der Waals surface area contributed by atoms with Gasteiger partial charge in [-0.25, -0.2) is 4.39 Å². The standard InChI is InChI=1S/C18H25NO.C8H10O2.C3H5F.3C2H6/c1-4-6-7-8-12-15-19(18(20)16(3)5-2)17-13-10-9-11-14-17;1-6-3-4-7(10-2)5-8(6)9;1-2-3-4;3*1-2/h4,6-7,9-11,13-14,16H,1,5,8,12,15H2,2-3H3;3-5,9H,1-2H3;2H,1,3H2;3*1-2H3/b7-6+;;;;;. The lowest BCUT2D eigenvalue weighted by atomic mass is 10.1. The molecule has 0 aliphatic heterocycles. The molecule has 1 unspecified atom stereocenters. The number of phenolic OH excluding ortho intramolecular Hbond substituents is 1. The molecule has 0 saturated heterocycles. The van der Waals surface area contributed by atoms with Gasteiger partial charge in [-0.3, -0.25) is 4.79 Å². The monoisotopic (exact) mass is 559 g/mol. The van der Waals surface area contributed by atoms with Crippen LogP contribution in [0.1, 0.15) is 80.2 Å². The van der Waals surface area contributed by atoms with Crippen molar-refractivity contribution in [2.45, 2.75) is 81.6 Å². The first kappa shape index (κ1) is 43.7. The van der Waals surface area contributed by atoms with Crippen molar-refractivity contribution in [3.05, 3.63) is 91.6 Å². The zero-order valence-corrected chi connectivity index (χ0v) is 27.0. The molecular formula is C35H58FNO3. The molecule has 0 aliphatic rings. The number of carbonyl (C=O) groups is 1. The van der Waals surface area contributed by atoms with Crippen molar-refractivity contribution in [2.24, 2.45) is 5.92 Å². The number of amides is 1. The Kier molecular flexibility index (Phi) is 36.8. The summed E-state index contributed by atoms with van der Waals surface area (Å²) < 4.78 is 15.5. The average molecular weight is 560 g/mol. The lowest BCUT2D eigenvalue weighted by molar-refractivity contribution is -0.122. The maximum atomic E-state index is 12.5. The molecule has 0 aromatic heterocycles. The van der Waals surface area contributed by atoms with Crippen molar-refractivity contribution in [3.8, 4) is 11.5 Å². The Labute approximate surface area is 246 Å². The van der Waals surface area contributed by atoms with Gasteiger partial charge in [0.2, 0.25) is 5.91 Å². The summed E-state index contributed by atoms with van der Waals surface area (Å²) in [6.07, 6.45) is 9.82. The second-order valence-corrected chi connectivity index (χ2v) is 7.54. The Morgan fingerprint density at radius 1 is 1.05 bits per heavy atom. The van der Waals surface area contributed by atoms with E-state index in [2.05, 4.69) is 26.2 Å². The molecule has 5 heteroatoms. The molecule has 0 radical (unpaired) electrons. The van der Waals surface area contributed by atoms with Crippen molar-refractivity contribution < 1.29 is 19.0 Å². The predicted octanol–water partition coefficient (Wildman–Crippen LogP) is 10.5. The van der Waals surface area contributed by atoms with Crippen LogP contribution in [0, 0.1) is 12.8 Å². The topological polar surface area (TPSA) is 49.8 Å². The molecule has 0 heterocycles. The molecule has 0 spiro atoms. The number of allylic oxidation sites excluding steroid dienone is 4. The van der Waals surface area contributed by atoms with Crippen molar-refractivity contribution >= 4 is 11.6 Å². The van der Waals surface area contributed by atoms with Crippen LogP contribution < -0.4 is 9.64 Å². The second-order valence-electron chi connectivity index (χ2n) is 7.54. The quantitative estimate of drug-likeness (QED) is 0.179. The highest BCUT2D eigenvalue weighted by Gasteiger charge is 2.19. The number of unbranched alkanes of at least 4 members (excludes halogenated alkanes) is 1. The Hall–Kier alpha value is -3.34. The molecule has 1 N–H and O–H groups in total. The van der Waals surface area contributed by atoms with Crippen molar-refractivity contribution in [1.82, 2.24) is 0 Å². The van der Waals surface area contributed by atoms with Crippen LogP contribution in [-0.4, -0.2) is 31.3 Å². The van der Waals surface area contributed by atoms with Crippen molar-refractivity contribution in [2.75, 3.05) is 25.2 Å². The van der Waals surface area contributed by atoms with Crippen LogP contribution in [0.3, 0.4) is 0 Å². The average Bonchev–Trinajstić information content (AvgIpc) is 3.03. The number of ether oxygens (including phenoxy) is 1. The molecule has 2 aromatic carbocycles. The molecule has 0 fully saturated rings. The van der Waals surface area contributed by atoms with Gasteiger partial charge in [-0.2, -0.15) is 0 Å². The summed E-state index contributed by atoms with van der Waals surface area (Å²) in [5, 5.41) is 9.15. The van der Waals surface area contributed by atoms with E-state index in [0.717, 1.165) is 37.1 Å². The van der Waals surface area contributed by atoms with Gasteiger partial charge in [-0.15, -0.1) is 6.58 Å². The van der Waals surface area contributed by atoms with Gasteiger partial charge in [-0.05, 0) is 49.9 Å². The molecule has 2 aromatic rings. The highest BCUT2D eigenvalue weighted by atomic mass is 19.1. The fourth-order valence-corrected chi connectivity index (χ4v) is 2.69. The number of methoxy groups -OCH3 is 1.